The molecule has 3 nitrogen and oxygen atoms in total. The van der Waals surface area contributed by atoms with Crippen molar-refractivity contribution in [3.63, 3.8) is 0 Å². The van der Waals surface area contributed by atoms with Crippen molar-refractivity contribution in [2.75, 3.05) is 13.7 Å². The predicted octanol–water partition coefficient (Wildman–Crippen LogP) is 0.546. The normalized spacial score (nSPS) is 48.1. The van der Waals surface area contributed by atoms with Gasteiger partial charge >= 0.3 is 0 Å². The maximum absolute atomic E-state index is 6.03. The molecule has 5 unspecified atom stereocenters. The molecular weight excluding hydrogens is 191 g/mol. The third kappa shape index (κ3) is 1.51. The molecule has 1 saturated carbocycles. The van der Waals surface area contributed by atoms with Crippen LogP contribution in [-0.2, 0) is 14.2 Å². The zero-order chi connectivity index (χ0) is 11.1. The number of ether oxygens (including phenoxy) is 3. The fourth-order valence-electron chi connectivity index (χ4n) is 3.46. The summed E-state index contributed by atoms with van der Waals surface area (Å²) < 4.78 is 17.0. The van der Waals surface area contributed by atoms with E-state index in [0.717, 1.165) is 6.42 Å². The molecule has 1 heterocycles. The molecule has 2 fully saturated rings. The highest BCUT2D eigenvalue weighted by Crippen LogP contribution is 2.52. The van der Waals surface area contributed by atoms with Gasteiger partial charge in [0, 0.05) is 19.0 Å². The fraction of sp³-hybridized carbons (Fsp3) is 0.818. The van der Waals surface area contributed by atoms with E-state index in [1.165, 1.54) is 6.26 Å². The lowest BCUT2D eigenvalue weighted by Gasteiger charge is -2.32. The van der Waals surface area contributed by atoms with E-state index in [2.05, 4.69) is 21.3 Å². The van der Waals surface area contributed by atoms with Crippen molar-refractivity contribution >= 4 is 7.85 Å². The molecule has 5 atom stereocenters. The molecule has 4 heteroatoms. The first kappa shape index (κ1) is 11.0. The standard InChI is InChI=1S/C11H19BO3/c1-4-14-9-8-7(2)5-11(9,6-13-3)15-10(8)12/h4,7-10H,1,5-6,12H2,2-3H3. The van der Waals surface area contributed by atoms with Crippen molar-refractivity contribution in [1.82, 2.24) is 0 Å². The summed E-state index contributed by atoms with van der Waals surface area (Å²) in [6.45, 7) is 6.52. The monoisotopic (exact) mass is 210 g/mol. The molecule has 0 spiro atoms. The first-order chi connectivity index (χ1) is 7.14. The van der Waals surface area contributed by atoms with E-state index in [1.807, 2.05) is 0 Å². The van der Waals surface area contributed by atoms with Gasteiger partial charge in [0.1, 0.15) is 19.6 Å². The number of hydrogen-bond acceptors (Lipinski definition) is 3. The highest BCUT2D eigenvalue weighted by atomic mass is 16.6. The molecule has 15 heavy (non-hydrogen) atoms. The van der Waals surface area contributed by atoms with Crippen LogP contribution in [0.1, 0.15) is 13.3 Å². The quantitative estimate of drug-likeness (QED) is 0.500. The summed E-state index contributed by atoms with van der Waals surface area (Å²) in [6.07, 6.45) is 2.66. The Labute approximate surface area is 92.2 Å². The number of methoxy groups -OCH3 is 1. The van der Waals surface area contributed by atoms with Crippen LogP contribution in [0.3, 0.4) is 0 Å². The lowest BCUT2D eigenvalue weighted by molar-refractivity contribution is -0.114. The van der Waals surface area contributed by atoms with E-state index < -0.39 is 0 Å². The Hall–Kier alpha value is -0.475. The lowest BCUT2D eigenvalue weighted by Crippen LogP contribution is -2.42. The Balaban J connectivity index is 2.23. The molecular formula is C11H19BO3. The van der Waals surface area contributed by atoms with E-state index in [1.54, 1.807) is 7.11 Å². The Bertz CT molecular complexity index is 244. The zero-order valence-corrected chi connectivity index (χ0v) is 9.73. The summed E-state index contributed by atoms with van der Waals surface area (Å²) in [7, 11) is 3.83. The highest BCUT2D eigenvalue weighted by Gasteiger charge is 2.62. The largest absolute Gasteiger partial charge is 0.495 e. The molecule has 0 aromatic carbocycles. The van der Waals surface area contributed by atoms with Gasteiger partial charge in [-0.15, -0.1) is 0 Å². The summed E-state index contributed by atoms with van der Waals surface area (Å²) in [5.74, 6) is 1.10. The van der Waals surface area contributed by atoms with Crippen molar-refractivity contribution in [2.24, 2.45) is 11.8 Å². The van der Waals surface area contributed by atoms with Crippen molar-refractivity contribution < 1.29 is 14.2 Å². The van der Waals surface area contributed by atoms with Crippen molar-refractivity contribution in [3.05, 3.63) is 12.8 Å². The van der Waals surface area contributed by atoms with Crippen LogP contribution in [0.4, 0.5) is 0 Å². The van der Waals surface area contributed by atoms with Crippen molar-refractivity contribution in [1.29, 1.82) is 0 Å². The Morgan fingerprint density at radius 3 is 2.93 bits per heavy atom. The van der Waals surface area contributed by atoms with Crippen LogP contribution in [0.25, 0.3) is 0 Å². The van der Waals surface area contributed by atoms with Gasteiger partial charge < -0.3 is 14.2 Å². The molecule has 2 rings (SSSR count). The summed E-state index contributed by atoms with van der Waals surface area (Å²) >= 11 is 0. The number of rotatable bonds is 4. The van der Waals surface area contributed by atoms with Crippen LogP contribution >= 0.6 is 0 Å². The fourth-order valence-corrected chi connectivity index (χ4v) is 3.46. The third-order valence-electron chi connectivity index (χ3n) is 3.79. The lowest BCUT2D eigenvalue weighted by atomic mass is 9.80. The zero-order valence-electron chi connectivity index (χ0n) is 9.73. The second-order valence-corrected chi connectivity index (χ2v) is 4.80. The Morgan fingerprint density at radius 2 is 2.40 bits per heavy atom. The van der Waals surface area contributed by atoms with E-state index in [-0.39, 0.29) is 17.7 Å². The highest BCUT2D eigenvalue weighted by molar-refractivity contribution is 6.11. The predicted molar refractivity (Wildman–Crippen MR) is 60.4 cm³/mol. The molecule has 0 aromatic heterocycles. The molecule has 0 radical (unpaired) electrons. The summed E-state index contributed by atoms with van der Waals surface area (Å²) in [6, 6.07) is 0.258. The topological polar surface area (TPSA) is 27.7 Å². The van der Waals surface area contributed by atoms with Crippen LogP contribution in [0.5, 0.6) is 0 Å². The van der Waals surface area contributed by atoms with Gasteiger partial charge in [0.05, 0.1) is 12.9 Å². The molecule has 84 valence electrons. The minimum Gasteiger partial charge on any atom is -0.495 e. The number of fused-ring (bicyclic) bond motifs is 2. The van der Waals surface area contributed by atoms with Gasteiger partial charge in [-0.1, -0.05) is 13.5 Å². The summed E-state index contributed by atoms with van der Waals surface area (Å²) in [4.78, 5) is 0. The van der Waals surface area contributed by atoms with Gasteiger partial charge in [0.2, 0.25) is 0 Å². The van der Waals surface area contributed by atoms with Crippen LogP contribution < -0.4 is 0 Å². The summed E-state index contributed by atoms with van der Waals surface area (Å²) in [5.41, 5.74) is -0.244. The molecule has 1 aliphatic heterocycles. The Morgan fingerprint density at radius 1 is 1.67 bits per heavy atom. The van der Waals surface area contributed by atoms with Crippen LogP contribution in [0, 0.1) is 11.8 Å². The molecule has 0 N–H and O–H groups in total. The minimum atomic E-state index is -0.244. The first-order valence-corrected chi connectivity index (χ1v) is 5.58. The smallest absolute Gasteiger partial charge is 0.139 e. The van der Waals surface area contributed by atoms with E-state index in [4.69, 9.17) is 14.2 Å². The van der Waals surface area contributed by atoms with Crippen molar-refractivity contribution in [3.8, 4) is 0 Å². The maximum atomic E-state index is 6.03. The average Bonchev–Trinajstić information content (AvgIpc) is 2.53. The van der Waals surface area contributed by atoms with Gasteiger partial charge in [-0.3, -0.25) is 0 Å². The maximum Gasteiger partial charge on any atom is 0.139 e. The van der Waals surface area contributed by atoms with Gasteiger partial charge in [0.15, 0.2) is 0 Å². The van der Waals surface area contributed by atoms with E-state index >= 15 is 0 Å². The minimum absolute atomic E-state index is 0.111. The van der Waals surface area contributed by atoms with E-state index in [0.29, 0.717) is 18.4 Å². The van der Waals surface area contributed by atoms with Gasteiger partial charge in [0.25, 0.3) is 0 Å². The van der Waals surface area contributed by atoms with Crippen LogP contribution in [-0.4, -0.2) is 39.3 Å². The Kier molecular flexibility index (Phi) is 2.82. The summed E-state index contributed by atoms with van der Waals surface area (Å²) in [5, 5.41) is 0. The van der Waals surface area contributed by atoms with Gasteiger partial charge in [-0.25, -0.2) is 0 Å². The molecule has 0 aromatic rings. The van der Waals surface area contributed by atoms with Crippen molar-refractivity contribution in [2.45, 2.75) is 31.1 Å². The molecule has 1 aliphatic carbocycles. The SMILES string of the molecule is BC1OC2(COC)CC(C)C1C2OC=C. The van der Waals surface area contributed by atoms with Gasteiger partial charge in [-0.2, -0.15) is 0 Å². The molecule has 2 bridgehead atoms. The molecule has 1 saturated heterocycles. The molecule has 2 aliphatic rings. The van der Waals surface area contributed by atoms with Gasteiger partial charge in [-0.05, 0) is 12.3 Å². The average molecular weight is 210 g/mol. The molecule has 0 amide bonds. The first-order valence-electron chi connectivity index (χ1n) is 5.58. The third-order valence-corrected chi connectivity index (χ3v) is 3.79. The van der Waals surface area contributed by atoms with Crippen LogP contribution in [0.15, 0.2) is 12.8 Å². The van der Waals surface area contributed by atoms with Crippen LogP contribution in [0.2, 0.25) is 0 Å². The van der Waals surface area contributed by atoms with E-state index in [9.17, 15) is 0 Å². The number of hydrogen-bond donors (Lipinski definition) is 0. The second kappa shape index (κ2) is 3.83. The second-order valence-electron chi connectivity index (χ2n) is 4.80.